The molecule has 0 bridgehead atoms. The lowest BCUT2D eigenvalue weighted by molar-refractivity contribution is 0.312. The maximum atomic E-state index is 13.2. The van der Waals surface area contributed by atoms with Crippen molar-refractivity contribution in [3.63, 3.8) is 0 Å². The smallest absolute Gasteiger partial charge is 0.267 e. The third-order valence-electron chi connectivity index (χ3n) is 6.45. The van der Waals surface area contributed by atoms with Crippen molar-refractivity contribution in [1.82, 2.24) is 24.6 Å². The summed E-state index contributed by atoms with van der Waals surface area (Å²) in [5, 5.41) is 4.56. The van der Waals surface area contributed by atoms with Crippen molar-refractivity contribution >= 4 is 33.1 Å². The molecule has 3 heterocycles. The minimum Gasteiger partial charge on any atom is -0.381 e. The molecule has 1 aliphatic heterocycles. The van der Waals surface area contributed by atoms with Crippen LogP contribution < -0.4 is 10.0 Å². The number of halogens is 1. The standard InChI is InChI=1S/C25H26ClN7O2S/c1-16-10-17(11-18-14-31(2)9-8-20(16)18)22-13-28-24(27)25(30-22)33-15-19(12-29-33)36(34,35)32(3)23-7-5-4-6-21(23)26/h4-7,10-13,15H,8-9,14H2,1-3H3,(H2,27,28). The number of nitrogen functional groups attached to an aromatic ring is 1. The molecule has 0 saturated heterocycles. The first-order valence-electron chi connectivity index (χ1n) is 11.4. The lowest BCUT2D eigenvalue weighted by atomic mass is 9.92. The summed E-state index contributed by atoms with van der Waals surface area (Å²) in [4.78, 5) is 11.3. The van der Waals surface area contributed by atoms with Crippen LogP contribution in [0.2, 0.25) is 5.02 Å². The third kappa shape index (κ3) is 4.32. The van der Waals surface area contributed by atoms with E-state index < -0.39 is 10.0 Å². The Labute approximate surface area is 215 Å². The largest absolute Gasteiger partial charge is 0.381 e. The topological polar surface area (TPSA) is 110 Å². The van der Waals surface area contributed by atoms with E-state index in [0.29, 0.717) is 16.4 Å². The number of sulfonamides is 1. The molecule has 0 aliphatic carbocycles. The van der Waals surface area contributed by atoms with E-state index in [4.69, 9.17) is 22.3 Å². The summed E-state index contributed by atoms with van der Waals surface area (Å²) in [6, 6.07) is 11.0. The molecule has 0 spiro atoms. The van der Waals surface area contributed by atoms with E-state index in [1.807, 2.05) is 0 Å². The fourth-order valence-corrected chi connectivity index (χ4v) is 5.92. The zero-order chi connectivity index (χ0) is 25.6. The quantitative estimate of drug-likeness (QED) is 0.424. The Morgan fingerprint density at radius 2 is 1.94 bits per heavy atom. The number of fused-ring (bicyclic) bond motifs is 1. The molecule has 0 amide bonds. The number of aryl methyl sites for hydroxylation is 1. The maximum absolute atomic E-state index is 13.2. The van der Waals surface area contributed by atoms with Crippen molar-refractivity contribution < 1.29 is 8.42 Å². The number of aromatic nitrogens is 4. The first-order valence-corrected chi connectivity index (χ1v) is 13.2. The van der Waals surface area contributed by atoms with Gasteiger partial charge in [0.2, 0.25) is 0 Å². The van der Waals surface area contributed by atoms with Gasteiger partial charge in [-0.1, -0.05) is 23.7 Å². The van der Waals surface area contributed by atoms with Crippen molar-refractivity contribution in [2.45, 2.75) is 24.8 Å². The Kier molecular flexibility index (Phi) is 6.19. The van der Waals surface area contributed by atoms with Gasteiger partial charge >= 0.3 is 0 Å². The summed E-state index contributed by atoms with van der Waals surface area (Å²) in [6.45, 7) is 4.02. The van der Waals surface area contributed by atoms with Gasteiger partial charge in [0, 0.05) is 25.7 Å². The fraction of sp³-hybridized carbons (Fsp3) is 0.240. The number of para-hydroxylation sites is 1. The Balaban J connectivity index is 1.51. The Morgan fingerprint density at radius 3 is 2.72 bits per heavy atom. The summed E-state index contributed by atoms with van der Waals surface area (Å²) < 4.78 is 28.9. The number of anilines is 2. The van der Waals surface area contributed by atoms with E-state index in [2.05, 4.69) is 41.1 Å². The normalized spacial score (nSPS) is 14.0. The molecular formula is C25H26ClN7O2S. The predicted molar refractivity (Wildman–Crippen MR) is 141 cm³/mol. The monoisotopic (exact) mass is 523 g/mol. The van der Waals surface area contributed by atoms with Crippen molar-refractivity contribution in [2.24, 2.45) is 0 Å². The number of hydrogen-bond acceptors (Lipinski definition) is 7. The van der Waals surface area contributed by atoms with Gasteiger partial charge in [0.15, 0.2) is 11.6 Å². The van der Waals surface area contributed by atoms with Crippen molar-refractivity contribution in [2.75, 3.05) is 30.7 Å². The molecule has 0 unspecified atom stereocenters. The highest BCUT2D eigenvalue weighted by atomic mass is 35.5. The number of likely N-dealkylation sites (N-methyl/N-ethyl adjacent to an activating group) is 1. The molecular weight excluding hydrogens is 498 g/mol. The Hall–Kier alpha value is -3.47. The van der Waals surface area contributed by atoms with E-state index in [1.54, 1.807) is 30.5 Å². The SMILES string of the molecule is Cc1cc(-c2cnc(N)c(-n3cc(S(=O)(=O)N(C)c4ccccc4Cl)cn3)n2)cc2c1CCN(C)C2. The van der Waals surface area contributed by atoms with E-state index in [9.17, 15) is 8.42 Å². The molecule has 2 aromatic heterocycles. The van der Waals surface area contributed by atoms with Crippen LogP contribution in [0.4, 0.5) is 11.5 Å². The van der Waals surface area contributed by atoms with Gasteiger partial charge in [0.1, 0.15) is 4.90 Å². The van der Waals surface area contributed by atoms with Crippen LogP contribution in [0.15, 0.2) is 59.9 Å². The molecule has 186 valence electrons. The van der Waals surface area contributed by atoms with Crippen molar-refractivity contribution in [1.29, 1.82) is 0 Å². The molecule has 4 aromatic rings. The van der Waals surface area contributed by atoms with Crippen LogP contribution >= 0.6 is 11.6 Å². The molecule has 11 heteroatoms. The number of benzene rings is 2. The van der Waals surface area contributed by atoms with Crippen LogP contribution in [-0.2, 0) is 23.0 Å². The average Bonchev–Trinajstić information content (AvgIpc) is 3.35. The van der Waals surface area contributed by atoms with Gasteiger partial charge in [0.25, 0.3) is 10.0 Å². The number of rotatable bonds is 5. The van der Waals surface area contributed by atoms with Gasteiger partial charge in [-0.25, -0.2) is 23.1 Å². The molecule has 2 N–H and O–H groups in total. The lowest BCUT2D eigenvalue weighted by Gasteiger charge is -2.27. The molecule has 2 aromatic carbocycles. The molecule has 0 radical (unpaired) electrons. The second-order valence-corrected chi connectivity index (χ2v) is 11.3. The van der Waals surface area contributed by atoms with Crippen LogP contribution in [-0.4, -0.2) is 53.7 Å². The number of hydrogen-bond donors (Lipinski definition) is 1. The molecule has 0 atom stereocenters. The second-order valence-electron chi connectivity index (χ2n) is 8.93. The summed E-state index contributed by atoms with van der Waals surface area (Å²) >= 11 is 6.21. The zero-order valence-corrected chi connectivity index (χ0v) is 21.8. The van der Waals surface area contributed by atoms with Gasteiger partial charge in [0.05, 0.1) is 35.0 Å². The Bertz CT molecular complexity index is 1570. The average molecular weight is 524 g/mol. The van der Waals surface area contributed by atoms with Crippen LogP contribution in [0, 0.1) is 6.92 Å². The molecule has 5 rings (SSSR count). The van der Waals surface area contributed by atoms with Crippen LogP contribution in [0.25, 0.3) is 17.1 Å². The number of nitrogens with two attached hydrogens (primary N) is 1. The summed E-state index contributed by atoms with van der Waals surface area (Å²) in [5.74, 6) is 0.390. The Morgan fingerprint density at radius 1 is 1.17 bits per heavy atom. The minimum absolute atomic E-state index is 0.0239. The van der Waals surface area contributed by atoms with Crippen molar-refractivity contribution in [3.05, 3.63) is 76.7 Å². The molecule has 0 fully saturated rings. The highest BCUT2D eigenvalue weighted by Gasteiger charge is 2.25. The van der Waals surface area contributed by atoms with Gasteiger partial charge in [-0.15, -0.1) is 0 Å². The fourth-order valence-electron chi connectivity index (χ4n) is 4.46. The first kappa shape index (κ1) is 24.2. The lowest BCUT2D eigenvalue weighted by Crippen LogP contribution is -2.27. The van der Waals surface area contributed by atoms with E-state index >= 15 is 0 Å². The van der Waals surface area contributed by atoms with Crippen molar-refractivity contribution in [3.8, 4) is 17.1 Å². The van der Waals surface area contributed by atoms with Gasteiger partial charge in [-0.2, -0.15) is 5.10 Å². The number of nitrogens with zero attached hydrogens (tertiary/aromatic N) is 6. The van der Waals surface area contributed by atoms with Crippen LogP contribution in [0.3, 0.4) is 0 Å². The maximum Gasteiger partial charge on any atom is 0.267 e. The van der Waals surface area contributed by atoms with Gasteiger partial charge in [-0.3, -0.25) is 4.31 Å². The first-order chi connectivity index (χ1) is 17.1. The van der Waals surface area contributed by atoms with E-state index in [1.165, 1.54) is 40.8 Å². The highest BCUT2D eigenvalue weighted by Crippen LogP contribution is 2.31. The van der Waals surface area contributed by atoms with E-state index in [-0.39, 0.29) is 16.5 Å². The molecule has 0 saturated carbocycles. The third-order valence-corrected chi connectivity index (χ3v) is 8.50. The summed E-state index contributed by atoms with van der Waals surface area (Å²) in [6.07, 6.45) is 5.28. The summed E-state index contributed by atoms with van der Waals surface area (Å²) in [7, 11) is -0.373. The van der Waals surface area contributed by atoms with E-state index in [0.717, 1.165) is 29.4 Å². The van der Waals surface area contributed by atoms with Gasteiger partial charge in [-0.05, 0) is 61.3 Å². The van der Waals surface area contributed by atoms with Gasteiger partial charge < -0.3 is 10.6 Å². The molecule has 36 heavy (non-hydrogen) atoms. The molecule has 1 aliphatic rings. The van der Waals surface area contributed by atoms with Crippen LogP contribution in [0.1, 0.15) is 16.7 Å². The minimum atomic E-state index is -3.93. The molecule has 9 nitrogen and oxygen atoms in total. The zero-order valence-electron chi connectivity index (χ0n) is 20.2. The second kappa shape index (κ2) is 9.20. The highest BCUT2D eigenvalue weighted by molar-refractivity contribution is 7.92. The van der Waals surface area contributed by atoms with Crippen LogP contribution in [0.5, 0.6) is 0 Å². The summed E-state index contributed by atoms with van der Waals surface area (Å²) in [5.41, 5.74) is 11.9. The predicted octanol–water partition coefficient (Wildman–Crippen LogP) is 3.69.